The number of rotatable bonds is 7. The summed E-state index contributed by atoms with van der Waals surface area (Å²) in [6.07, 6.45) is 3.62. The number of amides is 2. The second-order valence-electron chi connectivity index (χ2n) is 9.29. The molecule has 2 amide bonds. The average Bonchev–Trinajstić information content (AvgIpc) is 3.37. The Morgan fingerprint density at radius 1 is 1.12 bits per heavy atom. The molecule has 10 nitrogen and oxygen atoms in total. The highest BCUT2D eigenvalue weighted by Crippen LogP contribution is 2.41. The molecule has 0 N–H and O–H groups in total. The minimum atomic E-state index is -0.531. The summed E-state index contributed by atoms with van der Waals surface area (Å²) in [4.78, 5) is 40.3. The number of ether oxygens (including phenoxy) is 1. The molecule has 3 heterocycles. The van der Waals surface area contributed by atoms with Crippen molar-refractivity contribution in [2.24, 2.45) is 12.5 Å². The number of nitro groups is 1. The second kappa shape index (κ2) is 9.82. The van der Waals surface area contributed by atoms with Crippen LogP contribution in [0.4, 0.5) is 5.69 Å². The number of hydrogen-bond donors (Lipinski definition) is 0. The van der Waals surface area contributed by atoms with Gasteiger partial charge in [0.1, 0.15) is 11.4 Å². The van der Waals surface area contributed by atoms with Crippen molar-refractivity contribution in [3.63, 3.8) is 0 Å². The van der Waals surface area contributed by atoms with Crippen LogP contribution in [0, 0.1) is 22.5 Å². The lowest BCUT2D eigenvalue weighted by molar-refractivity contribution is -0.385. The van der Waals surface area contributed by atoms with E-state index in [1.807, 2.05) is 35.2 Å². The first-order valence-corrected chi connectivity index (χ1v) is 11.7. The molecule has 0 bridgehead atoms. The van der Waals surface area contributed by atoms with Gasteiger partial charge in [0, 0.05) is 39.6 Å². The summed E-state index contributed by atoms with van der Waals surface area (Å²) in [5.74, 6) is 0.601. The van der Waals surface area contributed by atoms with Gasteiger partial charge in [0.15, 0.2) is 0 Å². The minimum Gasteiger partial charge on any atom is -0.494 e. The molecule has 2 aromatic rings. The first-order valence-electron chi connectivity index (χ1n) is 11.7. The molecule has 1 aromatic carbocycles. The second-order valence-corrected chi connectivity index (χ2v) is 9.29. The summed E-state index contributed by atoms with van der Waals surface area (Å²) in [6, 6.07) is 9.56. The number of carbonyl (C=O) groups is 2. The Morgan fingerprint density at radius 2 is 1.76 bits per heavy atom. The van der Waals surface area contributed by atoms with Crippen LogP contribution in [0.25, 0.3) is 0 Å². The van der Waals surface area contributed by atoms with Crippen LogP contribution in [-0.4, -0.2) is 69.1 Å². The number of likely N-dealkylation sites (tertiary alicyclic amines) is 2. The van der Waals surface area contributed by atoms with Gasteiger partial charge in [-0.1, -0.05) is 18.2 Å². The topological polar surface area (TPSA) is 111 Å². The molecule has 34 heavy (non-hydrogen) atoms. The Bertz CT molecular complexity index is 1060. The van der Waals surface area contributed by atoms with Crippen LogP contribution in [0.1, 0.15) is 48.3 Å². The van der Waals surface area contributed by atoms with E-state index in [0.717, 1.165) is 25.0 Å². The lowest BCUT2D eigenvalue weighted by Gasteiger charge is -2.39. The number of nitrogens with zero attached hydrogens (tertiary/aromatic N) is 5. The van der Waals surface area contributed by atoms with E-state index in [2.05, 4.69) is 5.10 Å². The molecule has 2 aliphatic heterocycles. The number of benzene rings is 1. The first kappa shape index (κ1) is 23.7. The monoisotopic (exact) mass is 469 g/mol. The van der Waals surface area contributed by atoms with Crippen LogP contribution in [0.2, 0.25) is 0 Å². The number of para-hydroxylation sites is 1. The number of hydrogen-bond acceptors (Lipinski definition) is 6. The third-order valence-electron chi connectivity index (χ3n) is 7.03. The molecular weight excluding hydrogens is 438 g/mol. The van der Waals surface area contributed by atoms with E-state index in [0.29, 0.717) is 45.6 Å². The molecule has 10 heteroatoms. The van der Waals surface area contributed by atoms with Crippen molar-refractivity contribution in [1.29, 1.82) is 0 Å². The third kappa shape index (κ3) is 4.90. The maximum atomic E-state index is 13.1. The van der Waals surface area contributed by atoms with Crippen LogP contribution < -0.4 is 4.74 Å². The molecule has 1 aromatic heterocycles. The van der Waals surface area contributed by atoms with E-state index in [1.165, 1.54) is 4.68 Å². The highest BCUT2D eigenvalue weighted by atomic mass is 16.6. The molecule has 2 aliphatic rings. The summed E-state index contributed by atoms with van der Waals surface area (Å²) >= 11 is 0. The molecule has 1 spiro atoms. The number of piperidine rings is 1. The predicted octanol–water partition coefficient (Wildman–Crippen LogP) is 2.95. The fourth-order valence-corrected chi connectivity index (χ4v) is 5.09. The van der Waals surface area contributed by atoms with Crippen LogP contribution >= 0.6 is 0 Å². The van der Waals surface area contributed by atoms with Gasteiger partial charge in [-0.25, -0.2) is 0 Å². The highest BCUT2D eigenvalue weighted by Gasteiger charge is 2.44. The summed E-state index contributed by atoms with van der Waals surface area (Å²) < 4.78 is 6.98. The van der Waals surface area contributed by atoms with Crippen molar-refractivity contribution < 1.29 is 19.2 Å². The standard InChI is InChI=1S/C24H31N5O5/c1-18-21(29(32)33)22(26(2)25-18)23(31)28-15-12-24(17-28)10-13-27(14-11-24)20(30)9-6-16-34-19-7-4-3-5-8-19/h3-5,7-8H,6,9-17H2,1-2H3. The maximum Gasteiger partial charge on any atom is 0.322 e. The molecule has 4 rings (SSSR count). The summed E-state index contributed by atoms with van der Waals surface area (Å²) in [6.45, 7) is 4.51. The molecule has 2 saturated heterocycles. The zero-order valence-electron chi connectivity index (χ0n) is 19.7. The number of carbonyl (C=O) groups excluding carboxylic acids is 2. The largest absolute Gasteiger partial charge is 0.494 e. The Hall–Kier alpha value is -3.43. The molecule has 0 saturated carbocycles. The van der Waals surface area contributed by atoms with E-state index < -0.39 is 4.92 Å². The van der Waals surface area contributed by atoms with Crippen LogP contribution in [0.3, 0.4) is 0 Å². The van der Waals surface area contributed by atoms with Gasteiger partial charge in [0.05, 0.1) is 11.5 Å². The van der Waals surface area contributed by atoms with E-state index in [4.69, 9.17) is 4.74 Å². The van der Waals surface area contributed by atoms with Crippen LogP contribution in [0.5, 0.6) is 5.75 Å². The van der Waals surface area contributed by atoms with Gasteiger partial charge in [0.25, 0.3) is 5.91 Å². The lowest BCUT2D eigenvalue weighted by Crippen LogP contribution is -2.44. The highest BCUT2D eigenvalue weighted by molar-refractivity contribution is 5.97. The van der Waals surface area contributed by atoms with Gasteiger partial charge in [-0.05, 0) is 50.2 Å². The number of aromatic nitrogens is 2. The molecular formula is C24H31N5O5. The lowest BCUT2D eigenvalue weighted by atomic mass is 9.77. The maximum absolute atomic E-state index is 13.1. The molecule has 0 radical (unpaired) electrons. The Morgan fingerprint density at radius 3 is 2.41 bits per heavy atom. The zero-order valence-corrected chi connectivity index (χ0v) is 19.7. The van der Waals surface area contributed by atoms with Crippen LogP contribution in [0.15, 0.2) is 30.3 Å². The van der Waals surface area contributed by atoms with Crippen molar-refractivity contribution in [2.45, 2.75) is 39.0 Å². The quantitative estimate of drug-likeness (QED) is 0.350. The van der Waals surface area contributed by atoms with Gasteiger partial charge >= 0.3 is 5.69 Å². The Labute approximate surface area is 198 Å². The molecule has 0 unspecified atom stereocenters. The van der Waals surface area contributed by atoms with E-state index in [1.54, 1.807) is 18.9 Å². The van der Waals surface area contributed by atoms with E-state index in [9.17, 15) is 19.7 Å². The third-order valence-corrected chi connectivity index (χ3v) is 7.03. The predicted molar refractivity (Wildman–Crippen MR) is 125 cm³/mol. The fraction of sp³-hybridized carbons (Fsp3) is 0.542. The molecule has 0 atom stereocenters. The van der Waals surface area contributed by atoms with E-state index in [-0.39, 0.29) is 34.3 Å². The molecule has 2 fully saturated rings. The van der Waals surface area contributed by atoms with E-state index >= 15 is 0 Å². The summed E-state index contributed by atoms with van der Waals surface area (Å²) in [7, 11) is 1.56. The van der Waals surface area contributed by atoms with Crippen molar-refractivity contribution in [3.05, 3.63) is 51.8 Å². The average molecular weight is 470 g/mol. The van der Waals surface area contributed by atoms with Crippen molar-refractivity contribution in [1.82, 2.24) is 19.6 Å². The zero-order chi connectivity index (χ0) is 24.3. The minimum absolute atomic E-state index is 0.0323. The summed E-state index contributed by atoms with van der Waals surface area (Å²) in [5.41, 5.74) is 0.0198. The van der Waals surface area contributed by atoms with Crippen LogP contribution in [-0.2, 0) is 11.8 Å². The normalized spacial score (nSPS) is 17.2. The van der Waals surface area contributed by atoms with Gasteiger partial charge < -0.3 is 14.5 Å². The Balaban J connectivity index is 1.27. The van der Waals surface area contributed by atoms with Crippen molar-refractivity contribution in [2.75, 3.05) is 32.8 Å². The molecule has 182 valence electrons. The van der Waals surface area contributed by atoms with Gasteiger partial charge in [0.2, 0.25) is 11.6 Å². The fourth-order valence-electron chi connectivity index (χ4n) is 5.09. The van der Waals surface area contributed by atoms with Crippen molar-refractivity contribution >= 4 is 17.5 Å². The SMILES string of the molecule is Cc1nn(C)c(C(=O)N2CCC3(CCN(C(=O)CCCOc4ccccc4)CC3)C2)c1[N+](=O)[O-]. The Kier molecular flexibility index (Phi) is 6.85. The van der Waals surface area contributed by atoms with Gasteiger partial charge in [-0.3, -0.25) is 24.4 Å². The smallest absolute Gasteiger partial charge is 0.322 e. The molecule has 0 aliphatic carbocycles. The number of aryl methyl sites for hydroxylation is 2. The van der Waals surface area contributed by atoms with Gasteiger partial charge in [-0.2, -0.15) is 5.10 Å². The first-order chi connectivity index (χ1) is 16.3. The van der Waals surface area contributed by atoms with Crippen molar-refractivity contribution in [3.8, 4) is 5.75 Å². The van der Waals surface area contributed by atoms with Gasteiger partial charge in [-0.15, -0.1) is 0 Å². The summed E-state index contributed by atoms with van der Waals surface area (Å²) in [5, 5.41) is 15.6.